The van der Waals surface area contributed by atoms with Crippen LogP contribution in [-0.4, -0.2) is 36.2 Å². The van der Waals surface area contributed by atoms with Gasteiger partial charge in [0.1, 0.15) is 0 Å². The normalized spacial score (nSPS) is 17.4. The highest BCUT2D eigenvalue weighted by molar-refractivity contribution is 6.31. The molecule has 1 fully saturated rings. The standard InChI is InChI=1S/C20H21ClN2O2/c1-14(24)16-8-6-15(7-9-16)12-20(25)23-11-10-22-13-19(23)17-4-2-3-5-18(17)21/h2-9,19,22H,10-13H2,1H3. The highest BCUT2D eigenvalue weighted by Gasteiger charge is 2.28. The zero-order chi connectivity index (χ0) is 17.8. The number of piperazine rings is 1. The fraction of sp³-hybridized carbons (Fsp3) is 0.300. The average Bonchev–Trinajstić information content (AvgIpc) is 2.62. The predicted octanol–water partition coefficient (Wildman–Crippen LogP) is 3.26. The number of benzene rings is 2. The van der Waals surface area contributed by atoms with E-state index in [1.165, 1.54) is 6.92 Å². The van der Waals surface area contributed by atoms with Gasteiger partial charge in [-0.1, -0.05) is 54.1 Å². The smallest absolute Gasteiger partial charge is 0.227 e. The van der Waals surface area contributed by atoms with Gasteiger partial charge in [-0.05, 0) is 24.1 Å². The van der Waals surface area contributed by atoms with Crippen molar-refractivity contribution in [3.63, 3.8) is 0 Å². The van der Waals surface area contributed by atoms with Gasteiger partial charge in [0.05, 0.1) is 12.5 Å². The monoisotopic (exact) mass is 356 g/mol. The highest BCUT2D eigenvalue weighted by atomic mass is 35.5. The topological polar surface area (TPSA) is 49.4 Å². The van der Waals surface area contributed by atoms with Gasteiger partial charge in [0.25, 0.3) is 0 Å². The predicted molar refractivity (Wildman–Crippen MR) is 98.9 cm³/mol. The second kappa shape index (κ2) is 7.81. The van der Waals surface area contributed by atoms with Crippen molar-refractivity contribution in [1.29, 1.82) is 0 Å². The van der Waals surface area contributed by atoms with Crippen molar-refractivity contribution in [3.8, 4) is 0 Å². The van der Waals surface area contributed by atoms with Crippen molar-refractivity contribution in [2.24, 2.45) is 0 Å². The molecule has 0 aliphatic carbocycles. The summed E-state index contributed by atoms with van der Waals surface area (Å²) in [5.41, 5.74) is 2.54. The lowest BCUT2D eigenvalue weighted by Gasteiger charge is -2.37. The molecule has 25 heavy (non-hydrogen) atoms. The Morgan fingerprint density at radius 3 is 2.56 bits per heavy atom. The minimum Gasteiger partial charge on any atom is -0.333 e. The maximum absolute atomic E-state index is 12.9. The number of nitrogens with one attached hydrogen (secondary N) is 1. The summed E-state index contributed by atoms with van der Waals surface area (Å²) in [6, 6.07) is 14.8. The third kappa shape index (κ3) is 4.09. The molecule has 0 saturated carbocycles. The Morgan fingerprint density at radius 1 is 1.16 bits per heavy atom. The van der Waals surface area contributed by atoms with Crippen LogP contribution in [0, 0.1) is 0 Å². The number of carbonyl (C=O) groups excluding carboxylic acids is 2. The van der Waals surface area contributed by atoms with E-state index in [1.807, 2.05) is 41.3 Å². The molecule has 2 aromatic rings. The maximum atomic E-state index is 12.9. The summed E-state index contributed by atoms with van der Waals surface area (Å²) in [6.45, 7) is 3.66. The lowest BCUT2D eigenvalue weighted by molar-refractivity contribution is -0.133. The van der Waals surface area contributed by atoms with Crippen LogP contribution < -0.4 is 5.32 Å². The van der Waals surface area contributed by atoms with E-state index in [0.717, 1.165) is 17.7 Å². The van der Waals surface area contributed by atoms with Crippen LogP contribution in [0.3, 0.4) is 0 Å². The van der Waals surface area contributed by atoms with E-state index in [1.54, 1.807) is 12.1 Å². The van der Waals surface area contributed by atoms with Crippen molar-refractivity contribution < 1.29 is 9.59 Å². The number of ketones is 1. The van der Waals surface area contributed by atoms with Crippen molar-refractivity contribution in [2.75, 3.05) is 19.6 Å². The molecule has 4 nitrogen and oxygen atoms in total. The molecule has 0 radical (unpaired) electrons. The molecular weight excluding hydrogens is 336 g/mol. The molecular formula is C20H21ClN2O2. The van der Waals surface area contributed by atoms with Gasteiger partial charge in [0.2, 0.25) is 5.91 Å². The lowest BCUT2D eigenvalue weighted by Crippen LogP contribution is -2.49. The Hall–Kier alpha value is -2.17. The first-order chi connectivity index (χ1) is 12.1. The summed E-state index contributed by atoms with van der Waals surface area (Å²) in [4.78, 5) is 26.1. The number of hydrogen-bond donors (Lipinski definition) is 1. The van der Waals surface area contributed by atoms with Gasteiger partial charge in [-0.15, -0.1) is 0 Å². The van der Waals surface area contributed by atoms with Crippen LogP contribution in [0.25, 0.3) is 0 Å². The van der Waals surface area contributed by atoms with E-state index in [4.69, 9.17) is 11.6 Å². The van der Waals surface area contributed by atoms with E-state index in [2.05, 4.69) is 5.32 Å². The van der Waals surface area contributed by atoms with E-state index < -0.39 is 0 Å². The quantitative estimate of drug-likeness (QED) is 0.855. The number of amides is 1. The van der Waals surface area contributed by atoms with Crippen LogP contribution >= 0.6 is 11.6 Å². The Morgan fingerprint density at radius 2 is 1.88 bits per heavy atom. The van der Waals surface area contributed by atoms with Gasteiger partial charge in [-0.2, -0.15) is 0 Å². The number of nitrogens with zero attached hydrogens (tertiary/aromatic N) is 1. The first-order valence-corrected chi connectivity index (χ1v) is 8.78. The number of Topliss-reactive ketones (excluding diaryl/α,β-unsaturated/α-hetero) is 1. The van der Waals surface area contributed by atoms with E-state index in [-0.39, 0.29) is 17.7 Å². The molecule has 0 aromatic heterocycles. The molecule has 2 aromatic carbocycles. The van der Waals surface area contributed by atoms with Crippen LogP contribution in [-0.2, 0) is 11.2 Å². The molecule has 1 saturated heterocycles. The second-order valence-electron chi connectivity index (χ2n) is 6.26. The zero-order valence-electron chi connectivity index (χ0n) is 14.2. The fourth-order valence-electron chi connectivity index (χ4n) is 3.16. The molecule has 1 unspecified atom stereocenters. The zero-order valence-corrected chi connectivity index (χ0v) is 14.9. The largest absolute Gasteiger partial charge is 0.333 e. The van der Waals surface area contributed by atoms with Crippen LogP contribution in [0.15, 0.2) is 48.5 Å². The minimum absolute atomic E-state index is 0.0266. The summed E-state index contributed by atoms with van der Waals surface area (Å²) in [6.07, 6.45) is 0.319. The molecule has 5 heteroatoms. The second-order valence-corrected chi connectivity index (χ2v) is 6.67. The SMILES string of the molecule is CC(=O)c1ccc(CC(=O)N2CCNCC2c2ccccc2Cl)cc1. The van der Waals surface area contributed by atoms with Crippen LogP contribution in [0.4, 0.5) is 0 Å². The minimum atomic E-state index is -0.0635. The van der Waals surface area contributed by atoms with Gasteiger partial charge in [0.15, 0.2) is 5.78 Å². The number of halogens is 1. The molecule has 1 aliphatic rings. The molecule has 0 spiro atoms. The van der Waals surface area contributed by atoms with E-state index in [0.29, 0.717) is 30.1 Å². The Balaban J connectivity index is 1.77. The van der Waals surface area contributed by atoms with Gasteiger partial charge in [0, 0.05) is 30.2 Å². The molecule has 1 amide bonds. The summed E-state index contributed by atoms with van der Waals surface area (Å²) in [5, 5.41) is 4.02. The fourth-order valence-corrected chi connectivity index (χ4v) is 3.42. The van der Waals surface area contributed by atoms with Crippen LogP contribution in [0.1, 0.15) is 34.5 Å². The van der Waals surface area contributed by atoms with Gasteiger partial charge in [-0.3, -0.25) is 9.59 Å². The van der Waals surface area contributed by atoms with E-state index in [9.17, 15) is 9.59 Å². The first-order valence-electron chi connectivity index (χ1n) is 8.41. The summed E-state index contributed by atoms with van der Waals surface area (Å²) < 4.78 is 0. The third-order valence-electron chi connectivity index (χ3n) is 4.54. The molecule has 130 valence electrons. The summed E-state index contributed by atoms with van der Waals surface area (Å²) >= 11 is 6.34. The molecule has 1 atom stereocenters. The maximum Gasteiger partial charge on any atom is 0.227 e. The van der Waals surface area contributed by atoms with E-state index >= 15 is 0 Å². The van der Waals surface area contributed by atoms with Gasteiger partial charge < -0.3 is 10.2 Å². The van der Waals surface area contributed by atoms with Crippen molar-refractivity contribution >= 4 is 23.3 Å². The van der Waals surface area contributed by atoms with Gasteiger partial charge >= 0.3 is 0 Å². The highest BCUT2D eigenvalue weighted by Crippen LogP contribution is 2.29. The van der Waals surface area contributed by atoms with Gasteiger partial charge in [-0.25, -0.2) is 0 Å². The Kier molecular flexibility index (Phi) is 5.51. The molecule has 1 heterocycles. The Labute approximate surface area is 152 Å². The van der Waals surface area contributed by atoms with Crippen molar-refractivity contribution in [3.05, 3.63) is 70.2 Å². The summed E-state index contributed by atoms with van der Waals surface area (Å²) in [7, 11) is 0. The molecule has 0 bridgehead atoms. The third-order valence-corrected chi connectivity index (χ3v) is 4.89. The summed E-state index contributed by atoms with van der Waals surface area (Å²) in [5.74, 6) is 0.0979. The van der Waals surface area contributed by atoms with Crippen LogP contribution in [0.2, 0.25) is 5.02 Å². The molecule has 1 N–H and O–H groups in total. The number of rotatable bonds is 4. The molecule has 1 aliphatic heterocycles. The van der Waals surface area contributed by atoms with Crippen molar-refractivity contribution in [2.45, 2.75) is 19.4 Å². The number of hydrogen-bond acceptors (Lipinski definition) is 3. The first kappa shape index (κ1) is 17.6. The van der Waals surface area contributed by atoms with Crippen LogP contribution in [0.5, 0.6) is 0 Å². The number of carbonyl (C=O) groups is 2. The van der Waals surface area contributed by atoms with Crippen molar-refractivity contribution in [1.82, 2.24) is 10.2 Å². The lowest BCUT2D eigenvalue weighted by atomic mass is 10.0. The molecule has 3 rings (SSSR count). The average molecular weight is 357 g/mol. The Bertz CT molecular complexity index is 774.